The van der Waals surface area contributed by atoms with Gasteiger partial charge in [0.25, 0.3) is 5.56 Å². The third-order valence-electron chi connectivity index (χ3n) is 4.60. The SMILES string of the molecule is CCc1cc(=O)oc2c1c(=O)n(CC(=O)c1ccccc1OC)c(=O)n2CC. The predicted molar refractivity (Wildman–Crippen MR) is 103 cm³/mol. The number of rotatable bonds is 6. The van der Waals surface area contributed by atoms with Gasteiger partial charge >= 0.3 is 11.3 Å². The Hall–Kier alpha value is -3.42. The van der Waals surface area contributed by atoms with Gasteiger partial charge in [-0.2, -0.15) is 0 Å². The molecule has 0 spiro atoms. The van der Waals surface area contributed by atoms with Crippen LogP contribution in [-0.4, -0.2) is 22.0 Å². The summed E-state index contributed by atoms with van der Waals surface area (Å²) in [5.74, 6) is -0.0773. The molecule has 0 saturated carbocycles. The second-order valence-corrected chi connectivity index (χ2v) is 6.17. The summed E-state index contributed by atoms with van der Waals surface area (Å²) >= 11 is 0. The average Bonchev–Trinajstić information content (AvgIpc) is 2.70. The Balaban J connectivity index is 2.26. The van der Waals surface area contributed by atoms with Crippen molar-refractivity contribution in [3.05, 3.63) is 72.7 Å². The molecular formula is C20H20N2O6. The number of methoxy groups -OCH3 is 1. The van der Waals surface area contributed by atoms with Crippen molar-refractivity contribution in [2.45, 2.75) is 33.4 Å². The summed E-state index contributed by atoms with van der Waals surface area (Å²) in [4.78, 5) is 50.5. The van der Waals surface area contributed by atoms with Gasteiger partial charge in [0.1, 0.15) is 11.1 Å². The van der Waals surface area contributed by atoms with Crippen LogP contribution in [-0.2, 0) is 19.5 Å². The molecule has 0 N–H and O–H groups in total. The number of para-hydroxylation sites is 1. The lowest BCUT2D eigenvalue weighted by Gasteiger charge is -2.13. The Kier molecular flexibility index (Phi) is 5.30. The van der Waals surface area contributed by atoms with Crippen LogP contribution in [0.25, 0.3) is 11.1 Å². The lowest BCUT2D eigenvalue weighted by Crippen LogP contribution is -2.42. The van der Waals surface area contributed by atoms with E-state index in [-0.39, 0.29) is 23.2 Å². The Morgan fingerprint density at radius 1 is 1.11 bits per heavy atom. The van der Waals surface area contributed by atoms with E-state index in [0.717, 1.165) is 4.57 Å². The van der Waals surface area contributed by atoms with E-state index in [4.69, 9.17) is 9.15 Å². The molecule has 28 heavy (non-hydrogen) atoms. The van der Waals surface area contributed by atoms with E-state index in [2.05, 4.69) is 0 Å². The topological polar surface area (TPSA) is 101 Å². The van der Waals surface area contributed by atoms with Gasteiger partial charge in [-0.1, -0.05) is 19.1 Å². The molecule has 0 aliphatic carbocycles. The van der Waals surface area contributed by atoms with Gasteiger partial charge in [-0.05, 0) is 31.0 Å². The average molecular weight is 384 g/mol. The van der Waals surface area contributed by atoms with Crippen molar-refractivity contribution in [3.8, 4) is 5.75 Å². The van der Waals surface area contributed by atoms with E-state index in [1.54, 1.807) is 38.1 Å². The summed E-state index contributed by atoms with van der Waals surface area (Å²) in [6.45, 7) is 3.21. The van der Waals surface area contributed by atoms with E-state index in [1.807, 2.05) is 0 Å². The fraction of sp³-hybridized carbons (Fsp3) is 0.300. The van der Waals surface area contributed by atoms with Gasteiger partial charge in [0, 0.05) is 12.6 Å². The molecule has 2 heterocycles. The number of nitrogens with zero attached hydrogens (tertiary/aromatic N) is 2. The fourth-order valence-corrected chi connectivity index (χ4v) is 3.20. The van der Waals surface area contributed by atoms with E-state index < -0.39 is 29.2 Å². The molecule has 8 heteroatoms. The number of ether oxygens (including phenoxy) is 1. The Labute approximate surface area is 159 Å². The van der Waals surface area contributed by atoms with Gasteiger partial charge < -0.3 is 9.15 Å². The standard InChI is InChI=1S/C20H20N2O6/c1-4-12-10-16(24)28-19-17(12)18(25)22(20(26)21(19)5-2)11-14(23)13-8-6-7-9-15(13)27-3/h6-10H,4-5,11H2,1-3H3. The van der Waals surface area contributed by atoms with Gasteiger partial charge in [0.2, 0.25) is 5.71 Å². The number of hydrogen-bond acceptors (Lipinski definition) is 6. The molecule has 3 aromatic rings. The van der Waals surface area contributed by atoms with Crippen LogP contribution in [0.3, 0.4) is 0 Å². The molecule has 0 aliphatic rings. The minimum Gasteiger partial charge on any atom is -0.496 e. The van der Waals surface area contributed by atoms with Crippen LogP contribution >= 0.6 is 0 Å². The second-order valence-electron chi connectivity index (χ2n) is 6.17. The second kappa shape index (κ2) is 7.67. The molecule has 0 saturated heterocycles. The smallest absolute Gasteiger partial charge is 0.337 e. The van der Waals surface area contributed by atoms with Crippen LogP contribution < -0.4 is 21.6 Å². The molecule has 0 unspecified atom stereocenters. The highest BCUT2D eigenvalue weighted by Gasteiger charge is 2.21. The maximum Gasteiger partial charge on any atom is 0.337 e. The molecule has 0 radical (unpaired) electrons. The van der Waals surface area contributed by atoms with Crippen molar-refractivity contribution in [2.24, 2.45) is 0 Å². The van der Waals surface area contributed by atoms with E-state index in [0.29, 0.717) is 17.7 Å². The van der Waals surface area contributed by atoms with Crippen molar-refractivity contribution in [1.29, 1.82) is 0 Å². The summed E-state index contributed by atoms with van der Waals surface area (Å²) in [6.07, 6.45) is 0.402. The zero-order valence-electron chi connectivity index (χ0n) is 15.9. The number of aromatic nitrogens is 2. The summed E-state index contributed by atoms with van der Waals surface area (Å²) < 4.78 is 12.4. The third-order valence-corrected chi connectivity index (χ3v) is 4.60. The largest absolute Gasteiger partial charge is 0.496 e. The van der Waals surface area contributed by atoms with Crippen LogP contribution in [0.2, 0.25) is 0 Å². The first-order chi connectivity index (χ1) is 13.4. The maximum atomic E-state index is 13.0. The highest BCUT2D eigenvalue weighted by molar-refractivity contribution is 5.98. The number of benzene rings is 1. The highest BCUT2D eigenvalue weighted by atomic mass is 16.5. The molecule has 1 aromatic carbocycles. The Bertz CT molecular complexity index is 1230. The van der Waals surface area contributed by atoms with E-state index in [9.17, 15) is 19.2 Å². The predicted octanol–water partition coefficient (Wildman–Crippen LogP) is 1.59. The normalized spacial score (nSPS) is 11.0. The summed E-state index contributed by atoms with van der Waals surface area (Å²) in [7, 11) is 1.44. The fourth-order valence-electron chi connectivity index (χ4n) is 3.20. The summed E-state index contributed by atoms with van der Waals surface area (Å²) in [5, 5.41) is 0.136. The first-order valence-corrected chi connectivity index (χ1v) is 8.89. The van der Waals surface area contributed by atoms with Crippen molar-refractivity contribution in [2.75, 3.05) is 7.11 Å². The molecule has 0 aliphatic heterocycles. The molecule has 0 bridgehead atoms. The van der Waals surface area contributed by atoms with Crippen molar-refractivity contribution in [3.63, 3.8) is 0 Å². The number of Topliss-reactive ketones (excluding diaryl/α,β-unsaturated/α-hetero) is 1. The minimum absolute atomic E-state index is 0.0668. The van der Waals surface area contributed by atoms with E-state index >= 15 is 0 Å². The number of fused-ring (bicyclic) bond motifs is 1. The monoisotopic (exact) mass is 384 g/mol. The first kappa shape index (κ1) is 19.3. The van der Waals surface area contributed by atoms with Crippen LogP contribution in [0, 0.1) is 0 Å². The molecular weight excluding hydrogens is 364 g/mol. The van der Waals surface area contributed by atoms with Gasteiger partial charge in [0.15, 0.2) is 5.78 Å². The molecule has 3 rings (SSSR count). The summed E-state index contributed by atoms with van der Waals surface area (Å²) in [5.41, 5.74) is -1.32. The Morgan fingerprint density at radius 3 is 2.46 bits per heavy atom. The molecule has 146 valence electrons. The van der Waals surface area contributed by atoms with Crippen LogP contribution in [0.4, 0.5) is 0 Å². The Morgan fingerprint density at radius 2 is 1.82 bits per heavy atom. The molecule has 0 atom stereocenters. The van der Waals surface area contributed by atoms with Crippen molar-refractivity contribution < 1.29 is 13.9 Å². The highest BCUT2D eigenvalue weighted by Crippen LogP contribution is 2.18. The minimum atomic E-state index is -0.709. The van der Waals surface area contributed by atoms with Gasteiger partial charge in [-0.3, -0.25) is 18.7 Å². The molecule has 0 amide bonds. The van der Waals surface area contributed by atoms with Crippen molar-refractivity contribution in [1.82, 2.24) is 9.13 Å². The molecule has 8 nitrogen and oxygen atoms in total. The lowest BCUT2D eigenvalue weighted by molar-refractivity contribution is 0.0965. The molecule has 2 aromatic heterocycles. The number of hydrogen-bond donors (Lipinski definition) is 0. The third kappa shape index (κ3) is 3.17. The number of carbonyl (C=O) groups excluding carboxylic acids is 1. The lowest BCUT2D eigenvalue weighted by atomic mass is 10.1. The van der Waals surface area contributed by atoms with Gasteiger partial charge in [0.05, 0.1) is 19.2 Å². The zero-order valence-corrected chi connectivity index (χ0v) is 15.9. The first-order valence-electron chi connectivity index (χ1n) is 8.89. The maximum absolute atomic E-state index is 13.0. The van der Waals surface area contributed by atoms with Crippen LogP contribution in [0.1, 0.15) is 29.8 Å². The zero-order chi connectivity index (χ0) is 20.4. The summed E-state index contributed by atoms with van der Waals surface area (Å²) in [6, 6.07) is 7.83. The van der Waals surface area contributed by atoms with Crippen LogP contribution in [0.15, 0.2) is 49.1 Å². The quantitative estimate of drug-likeness (QED) is 0.598. The number of carbonyl (C=O) groups is 1. The van der Waals surface area contributed by atoms with Crippen LogP contribution in [0.5, 0.6) is 5.75 Å². The van der Waals surface area contributed by atoms with Gasteiger partial charge in [-0.15, -0.1) is 0 Å². The van der Waals surface area contributed by atoms with Crippen molar-refractivity contribution >= 4 is 16.9 Å². The number of aryl methyl sites for hydroxylation is 2. The van der Waals surface area contributed by atoms with E-state index in [1.165, 1.54) is 17.7 Å². The van der Waals surface area contributed by atoms with Gasteiger partial charge in [-0.25, -0.2) is 9.59 Å². The molecule has 0 fully saturated rings. The number of ketones is 1.